The van der Waals surface area contributed by atoms with Gasteiger partial charge in [0.2, 0.25) is 0 Å². The van der Waals surface area contributed by atoms with E-state index in [-0.39, 0.29) is 12.0 Å². The number of ether oxygens (including phenoxy) is 1. The average molecular weight is 145 g/mol. The van der Waals surface area contributed by atoms with Crippen LogP contribution < -0.4 is 5.32 Å². The van der Waals surface area contributed by atoms with Gasteiger partial charge in [-0.3, -0.25) is 0 Å². The molecule has 0 radical (unpaired) electrons. The molecule has 0 saturated carbocycles. The fraction of sp³-hybridized carbons (Fsp3) is 1.00. The van der Waals surface area contributed by atoms with Gasteiger partial charge in [0.05, 0.1) is 19.3 Å². The zero-order valence-corrected chi connectivity index (χ0v) is 6.50. The second-order valence-corrected chi connectivity index (χ2v) is 2.84. The van der Waals surface area contributed by atoms with Crippen LogP contribution >= 0.6 is 0 Å². The fourth-order valence-electron chi connectivity index (χ4n) is 1.34. The van der Waals surface area contributed by atoms with Gasteiger partial charge >= 0.3 is 0 Å². The monoisotopic (exact) mass is 145 g/mol. The Morgan fingerprint density at radius 3 is 2.70 bits per heavy atom. The van der Waals surface area contributed by atoms with Crippen LogP contribution in [0.2, 0.25) is 0 Å². The zero-order chi connectivity index (χ0) is 7.56. The first kappa shape index (κ1) is 7.98. The van der Waals surface area contributed by atoms with Crippen molar-refractivity contribution in [3.8, 4) is 0 Å². The molecule has 1 aliphatic heterocycles. The van der Waals surface area contributed by atoms with Crippen LogP contribution in [0, 0.1) is 5.92 Å². The summed E-state index contributed by atoms with van der Waals surface area (Å²) >= 11 is 0. The molecule has 60 valence electrons. The summed E-state index contributed by atoms with van der Waals surface area (Å²) in [4.78, 5) is 0. The Labute approximate surface area is 61.4 Å². The lowest BCUT2D eigenvalue weighted by Crippen LogP contribution is -2.37. The van der Waals surface area contributed by atoms with E-state index in [1.807, 2.05) is 14.0 Å². The molecular formula is C7H15NO2. The van der Waals surface area contributed by atoms with E-state index < -0.39 is 0 Å². The molecule has 0 spiro atoms. The molecule has 3 heteroatoms. The molecule has 10 heavy (non-hydrogen) atoms. The summed E-state index contributed by atoms with van der Waals surface area (Å²) in [5.74, 6) is 0.269. The molecule has 0 aromatic rings. The smallest absolute Gasteiger partial charge is 0.0624 e. The highest BCUT2D eigenvalue weighted by molar-refractivity contribution is 4.83. The largest absolute Gasteiger partial charge is 0.393 e. The Kier molecular flexibility index (Phi) is 2.65. The summed E-state index contributed by atoms with van der Waals surface area (Å²) in [6.45, 7) is 3.22. The minimum atomic E-state index is -0.264. The van der Waals surface area contributed by atoms with Crippen LogP contribution in [0.4, 0.5) is 0 Å². The Hall–Kier alpha value is -0.120. The fourth-order valence-corrected chi connectivity index (χ4v) is 1.34. The van der Waals surface area contributed by atoms with Gasteiger partial charge in [0.15, 0.2) is 0 Å². The van der Waals surface area contributed by atoms with E-state index >= 15 is 0 Å². The standard InChI is InChI=1S/C7H15NO2/c1-5(9)6-3-10-4-7(6)8-2/h5-9H,3-4H2,1-2H3. The van der Waals surface area contributed by atoms with E-state index in [1.165, 1.54) is 0 Å². The maximum absolute atomic E-state index is 9.23. The Bertz CT molecular complexity index is 106. The van der Waals surface area contributed by atoms with Gasteiger partial charge in [0.25, 0.3) is 0 Å². The molecule has 0 aliphatic carbocycles. The van der Waals surface area contributed by atoms with E-state index in [1.54, 1.807) is 0 Å². The highest BCUT2D eigenvalue weighted by Crippen LogP contribution is 2.16. The summed E-state index contributed by atoms with van der Waals surface area (Å²) in [6.07, 6.45) is -0.264. The van der Waals surface area contributed by atoms with Gasteiger partial charge in [0, 0.05) is 12.0 Å². The Morgan fingerprint density at radius 1 is 1.60 bits per heavy atom. The molecule has 3 nitrogen and oxygen atoms in total. The lowest BCUT2D eigenvalue weighted by Gasteiger charge is -2.18. The van der Waals surface area contributed by atoms with Gasteiger partial charge in [-0.15, -0.1) is 0 Å². The van der Waals surface area contributed by atoms with Gasteiger partial charge in [-0.2, -0.15) is 0 Å². The van der Waals surface area contributed by atoms with Gasteiger partial charge in [-0.1, -0.05) is 0 Å². The predicted molar refractivity (Wildman–Crippen MR) is 38.8 cm³/mol. The van der Waals surface area contributed by atoms with Gasteiger partial charge in [-0.05, 0) is 14.0 Å². The third-order valence-electron chi connectivity index (χ3n) is 2.11. The minimum Gasteiger partial charge on any atom is -0.393 e. The third-order valence-corrected chi connectivity index (χ3v) is 2.11. The molecule has 2 N–H and O–H groups in total. The summed E-state index contributed by atoms with van der Waals surface area (Å²) in [5, 5.41) is 12.3. The summed E-state index contributed by atoms with van der Waals surface area (Å²) in [5.41, 5.74) is 0. The number of rotatable bonds is 2. The molecule has 1 fully saturated rings. The van der Waals surface area contributed by atoms with Gasteiger partial charge in [-0.25, -0.2) is 0 Å². The summed E-state index contributed by atoms with van der Waals surface area (Å²) in [7, 11) is 1.90. The van der Waals surface area contributed by atoms with Crippen LogP contribution in [-0.4, -0.2) is 37.5 Å². The van der Waals surface area contributed by atoms with Crippen molar-refractivity contribution in [2.24, 2.45) is 5.92 Å². The highest BCUT2D eigenvalue weighted by Gasteiger charge is 2.30. The topological polar surface area (TPSA) is 41.5 Å². The number of aliphatic hydroxyl groups excluding tert-OH is 1. The van der Waals surface area contributed by atoms with Crippen molar-refractivity contribution < 1.29 is 9.84 Å². The van der Waals surface area contributed by atoms with E-state index in [4.69, 9.17) is 4.74 Å². The Morgan fingerprint density at radius 2 is 2.30 bits per heavy atom. The average Bonchev–Trinajstić information content (AvgIpc) is 2.33. The van der Waals surface area contributed by atoms with Crippen LogP contribution in [0.25, 0.3) is 0 Å². The van der Waals surface area contributed by atoms with E-state index in [2.05, 4.69) is 5.32 Å². The summed E-state index contributed by atoms with van der Waals surface area (Å²) < 4.78 is 5.20. The third kappa shape index (κ3) is 1.48. The quantitative estimate of drug-likeness (QED) is 0.555. The first-order valence-electron chi connectivity index (χ1n) is 3.68. The normalized spacial score (nSPS) is 36.3. The maximum atomic E-state index is 9.23. The number of aliphatic hydroxyl groups is 1. The van der Waals surface area contributed by atoms with Crippen LogP contribution in [0.3, 0.4) is 0 Å². The van der Waals surface area contributed by atoms with E-state index in [0.29, 0.717) is 12.6 Å². The number of likely N-dealkylation sites (N-methyl/N-ethyl adjacent to an activating group) is 1. The molecular weight excluding hydrogens is 130 g/mol. The molecule has 1 rings (SSSR count). The second-order valence-electron chi connectivity index (χ2n) is 2.84. The highest BCUT2D eigenvalue weighted by atomic mass is 16.5. The van der Waals surface area contributed by atoms with E-state index in [9.17, 15) is 5.11 Å². The molecule has 3 atom stereocenters. The molecule has 0 bridgehead atoms. The number of hydrogen-bond donors (Lipinski definition) is 2. The first-order chi connectivity index (χ1) is 4.75. The second kappa shape index (κ2) is 3.32. The van der Waals surface area contributed by atoms with Crippen molar-refractivity contribution >= 4 is 0 Å². The van der Waals surface area contributed by atoms with Crippen molar-refractivity contribution in [1.82, 2.24) is 5.32 Å². The zero-order valence-electron chi connectivity index (χ0n) is 6.50. The van der Waals surface area contributed by atoms with Crippen molar-refractivity contribution in [2.45, 2.75) is 19.1 Å². The molecule has 1 saturated heterocycles. The van der Waals surface area contributed by atoms with Crippen molar-refractivity contribution in [1.29, 1.82) is 0 Å². The van der Waals surface area contributed by atoms with Crippen LogP contribution in [0.15, 0.2) is 0 Å². The maximum Gasteiger partial charge on any atom is 0.0624 e. The van der Waals surface area contributed by atoms with Crippen molar-refractivity contribution in [3.05, 3.63) is 0 Å². The Balaban J connectivity index is 2.42. The SMILES string of the molecule is CNC1COCC1C(C)O. The predicted octanol–water partition coefficient (Wildman–Crippen LogP) is -0.398. The van der Waals surface area contributed by atoms with Crippen molar-refractivity contribution in [3.63, 3.8) is 0 Å². The van der Waals surface area contributed by atoms with Crippen LogP contribution in [-0.2, 0) is 4.74 Å². The molecule has 0 amide bonds. The lowest BCUT2D eigenvalue weighted by atomic mass is 9.99. The number of hydrogen-bond acceptors (Lipinski definition) is 3. The van der Waals surface area contributed by atoms with Crippen LogP contribution in [0.1, 0.15) is 6.92 Å². The minimum absolute atomic E-state index is 0.264. The van der Waals surface area contributed by atoms with Gasteiger partial charge < -0.3 is 15.2 Å². The van der Waals surface area contributed by atoms with Crippen molar-refractivity contribution in [2.75, 3.05) is 20.3 Å². The molecule has 1 heterocycles. The van der Waals surface area contributed by atoms with Crippen LogP contribution in [0.5, 0.6) is 0 Å². The number of nitrogens with one attached hydrogen (secondary N) is 1. The van der Waals surface area contributed by atoms with Gasteiger partial charge in [0.1, 0.15) is 0 Å². The molecule has 1 aliphatic rings. The molecule has 0 aromatic carbocycles. The van der Waals surface area contributed by atoms with E-state index in [0.717, 1.165) is 6.61 Å². The first-order valence-corrected chi connectivity index (χ1v) is 3.68. The molecule has 0 aromatic heterocycles. The summed E-state index contributed by atoms with van der Waals surface area (Å²) in [6, 6.07) is 0.333. The molecule has 3 unspecified atom stereocenters. The lowest BCUT2D eigenvalue weighted by molar-refractivity contribution is 0.101.